The Kier molecular flexibility index (Phi) is 5.67. The number of primary amides is 1. The first-order valence-corrected chi connectivity index (χ1v) is 9.11. The number of fused-ring (bicyclic) bond motifs is 1. The van der Waals surface area contributed by atoms with Gasteiger partial charge in [0, 0.05) is 11.0 Å². The quantitative estimate of drug-likeness (QED) is 0.748. The zero-order chi connectivity index (χ0) is 18.8. The van der Waals surface area contributed by atoms with Gasteiger partial charge in [-0.25, -0.2) is 0 Å². The lowest BCUT2D eigenvalue weighted by atomic mass is 9.69. The van der Waals surface area contributed by atoms with Crippen molar-refractivity contribution in [3.05, 3.63) is 28.2 Å². The Morgan fingerprint density at radius 1 is 1.36 bits per heavy atom. The van der Waals surface area contributed by atoms with Crippen molar-refractivity contribution in [1.82, 2.24) is 0 Å². The maximum Gasteiger partial charge on any atom is 0.251 e. The number of hydrogen-bond donors (Lipinski definition) is 2. The van der Waals surface area contributed by atoms with Crippen LogP contribution in [-0.4, -0.2) is 17.8 Å². The molecule has 3 N–H and O–H groups in total. The molecule has 0 radical (unpaired) electrons. The van der Waals surface area contributed by atoms with Gasteiger partial charge in [-0.3, -0.25) is 9.59 Å². The van der Waals surface area contributed by atoms with Crippen LogP contribution in [0, 0.1) is 11.3 Å². The molecule has 0 saturated carbocycles. The van der Waals surface area contributed by atoms with Crippen molar-refractivity contribution in [3.8, 4) is 0 Å². The summed E-state index contributed by atoms with van der Waals surface area (Å²) in [5, 5.41) is 13.4. The maximum atomic E-state index is 11.9. The molecule has 1 aliphatic carbocycles. The highest BCUT2D eigenvalue weighted by molar-refractivity contribution is 7.17. The van der Waals surface area contributed by atoms with Crippen LogP contribution in [0.4, 0.5) is 5.00 Å². The van der Waals surface area contributed by atoms with Crippen molar-refractivity contribution < 1.29 is 19.5 Å². The zero-order valence-electron chi connectivity index (χ0n) is 14.7. The number of carbonyl (C=O) groups excluding carboxylic acids is 3. The van der Waals surface area contributed by atoms with E-state index in [1.54, 1.807) is 0 Å². The molecule has 136 valence electrons. The number of nitrogens with one attached hydrogen (secondary N) is 1. The third-order valence-electron chi connectivity index (χ3n) is 5.14. The van der Waals surface area contributed by atoms with Crippen LogP contribution >= 0.6 is 11.3 Å². The first kappa shape index (κ1) is 19.2. The summed E-state index contributed by atoms with van der Waals surface area (Å²) in [4.78, 5) is 35.2. The van der Waals surface area contributed by atoms with Gasteiger partial charge in [0.05, 0.1) is 11.5 Å². The lowest BCUT2D eigenvalue weighted by molar-refractivity contribution is -0.297. The second kappa shape index (κ2) is 7.39. The molecule has 1 aromatic heterocycles. The minimum absolute atomic E-state index is 0.204. The summed E-state index contributed by atoms with van der Waals surface area (Å²) >= 11 is 1.35. The Labute approximate surface area is 151 Å². The van der Waals surface area contributed by atoms with E-state index < -0.39 is 17.8 Å². The van der Waals surface area contributed by atoms with Gasteiger partial charge in [-0.15, -0.1) is 11.3 Å². The lowest BCUT2D eigenvalue weighted by Crippen LogP contribution is -2.29. The molecule has 0 aromatic carbocycles. The summed E-state index contributed by atoms with van der Waals surface area (Å²) in [6.45, 7) is 6.67. The molecule has 7 heteroatoms. The highest BCUT2D eigenvalue weighted by Gasteiger charge is 2.34. The van der Waals surface area contributed by atoms with Crippen LogP contribution in [0.15, 0.2) is 12.2 Å². The first-order chi connectivity index (χ1) is 11.7. The molecule has 0 spiro atoms. The number of carbonyl (C=O) groups is 3. The van der Waals surface area contributed by atoms with Gasteiger partial charge in [0.25, 0.3) is 5.91 Å². The van der Waals surface area contributed by atoms with E-state index in [9.17, 15) is 19.5 Å². The van der Waals surface area contributed by atoms with Crippen LogP contribution in [0.2, 0.25) is 0 Å². The van der Waals surface area contributed by atoms with Crippen LogP contribution in [0.3, 0.4) is 0 Å². The second-order valence-electron chi connectivity index (χ2n) is 7.00. The fourth-order valence-electron chi connectivity index (χ4n) is 3.19. The molecule has 0 aliphatic heterocycles. The molecule has 1 heterocycles. The minimum Gasteiger partial charge on any atom is -0.545 e. The Morgan fingerprint density at radius 3 is 2.60 bits per heavy atom. The summed E-state index contributed by atoms with van der Waals surface area (Å²) < 4.78 is 0. The average Bonchev–Trinajstić information content (AvgIpc) is 2.89. The molecule has 1 unspecified atom stereocenters. The fraction of sp³-hybridized carbons (Fsp3) is 0.500. The summed E-state index contributed by atoms with van der Waals surface area (Å²) in [6.07, 6.45) is 5.16. The van der Waals surface area contributed by atoms with Crippen LogP contribution in [-0.2, 0) is 22.4 Å². The number of amides is 2. The van der Waals surface area contributed by atoms with E-state index in [-0.39, 0.29) is 5.41 Å². The third-order valence-corrected chi connectivity index (χ3v) is 6.31. The number of hydrogen-bond acceptors (Lipinski definition) is 5. The number of thiophene rings is 1. The van der Waals surface area contributed by atoms with Crippen LogP contribution in [0.5, 0.6) is 0 Å². The van der Waals surface area contributed by atoms with Crippen molar-refractivity contribution in [2.24, 2.45) is 17.1 Å². The Balaban J connectivity index is 2.30. The van der Waals surface area contributed by atoms with Gasteiger partial charge in [0.1, 0.15) is 5.00 Å². The third kappa shape index (κ3) is 4.28. The fourth-order valence-corrected chi connectivity index (χ4v) is 4.52. The minimum atomic E-state index is -1.46. The van der Waals surface area contributed by atoms with Crippen LogP contribution < -0.4 is 16.2 Å². The summed E-state index contributed by atoms with van der Waals surface area (Å²) in [7, 11) is 0. The average molecular weight is 363 g/mol. The number of carboxylic acids is 1. The van der Waals surface area contributed by atoms with E-state index in [2.05, 4.69) is 26.1 Å². The van der Waals surface area contributed by atoms with E-state index in [1.807, 2.05) is 0 Å². The van der Waals surface area contributed by atoms with Crippen molar-refractivity contribution in [3.63, 3.8) is 0 Å². The highest BCUT2D eigenvalue weighted by atomic mass is 32.1. The normalized spacial score (nSPS) is 17.3. The molecule has 0 fully saturated rings. The van der Waals surface area contributed by atoms with E-state index >= 15 is 0 Å². The largest absolute Gasteiger partial charge is 0.545 e. The molecule has 0 saturated heterocycles. The standard InChI is InChI=1S/C18H24N2O4S/c1-4-18(2,3)10-5-6-11-12(9-10)25-17(15(11)16(19)24)20-13(21)7-8-14(22)23/h7-8,10H,4-6,9H2,1-3H3,(H2,19,24)(H,20,21)(H,22,23)/p-1. The molecule has 1 aliphatic rings. The Bertz CT molecular complexity index is 734. The van der Waals surface area contributed by atoms with Crippen LogP contribution in [0.25, 0.3) is 0 Å². The van der Waals surface area contributed by atoms with E-state index in [1.165, 1.54) is 11.3 Å². The second-order valence-corrected chi connectivity index (χ2v) is 8.10. The summed E-state index contributed by atoms with van der Waals surface area (Å²) in [6, 6.07) is 0. The first-order valence-electron chi connectivity index (χ1n) is 8.30. The van der Waals surface area contributed by atoms with Crippen molar-refractivity contribution in [1.29, 1.82) is 0 Å². The van der Waals surface area contributed by atoms with Crippen molar-refractivity contribution in [2.45, 2.75) is 46.5 Å². The van der Waals surface area contributed by atoms with Gasteiger partial charge in [-0.1, -0.05) is 27.2 Å². The summed E-state index contributed by atoms with van der Waals surface area (Å²) in [5.74, 6) is -2.16. The molecular formula is C18H23N2O4S-. The number of carboxylic acid groups (broad SMARTS) is 1. The van der Waals surface area contributed by atoms with E-state index in [4.69, 9.17) is 5.73 Å². The van der Waals surface area contributed by atoms with Crippen LogP contribution in [0.1, 0.15) is 54.4 Å². The molecule has 25 heavy (non-hydrogen) atoms. The number of anilines is 1. The number of aliphatic carboxylic acids is 1. The molecule has 1 atom stereocenters. The smallest absolute Gasteiger partial charge is 0.251 e. The van der Waals surface area contributed by atoms with E-state index in [0.717, 1.165) is 42.2 Å². The monoisotopic (exact) mass is 363 g/mol. The molecule has 2 rings (SSSR count). The zero-order valence-corrected chi connectivity index (χ0v) is 15.5. The van der Waals surface area contributed by atoms with Crippen molar-refractivity contribution in [2.75, 3.05) is 5.32 Å². The molecule has 1 aromatic rings. The highest BCUT2D eigenvalue weighted by Crippen LogP contribution is 2.45. The van der Waals surface area contributed by atoms with E-state index in [0.29, 0.717) is 22.6 Å². The SMILES string of the molecule is CCC(C)(C)C1CCc2c(sc(NC(=O)C=CC(=O)[O-])c2C(N)=O)C1. The molecule has 0 bridgehead atoms. The van der Waals surface area contributed by atoms with Crippen molar-refractivity contribution >= 4 is 34.1 Å². The van der Waals surface area contributed by atoms with Gasteiger partial charge in [0.15, 0.2) is 0 Å². The topological polar surface area (TPSA) is 112 Å². The van der Waals surface area contributed by atoms with Gasteiger partial charge >= 0.3 is 0 Å². The number of nitrogens with two attached hydrogens (primary N) is 1. The Morgan fingerprint density at radius 2 is 2.04 bits per heavy atom. The van der Waals surface area contributed by atoms with Gasteiger partial charge < -0.3 is 21.0 Å². The number of rotatable bonds is 6. The predicted molar refractivity (Wildman–Crippen MR) is 95.2 cm³/mol. The maximum absolute atomic E-state index is 11.9. The molecule has 2 amide bonds. The molecular weight excluding hydrogens is 340 g/mol. The van der Waals surface area contributed by atoms with Gasteiger partial charge in [0.2, 0.25) is 5.91 Å². The van der Waals surface area contributed by atoms with Gasteiger partial charge in [-0.2, -0.15) is 0 Å². The molecule has 6 nitrogen and oxygen atoms in total. The predicted octanol–water partition coefficient (Wildman–Crippen LogP) is 1.63. The summed E-state index contributed by atoms with van der Waals surface area (Å²) in [5.41, 5.74) is 6.99. The lowest BCUT2D eigenvalue weighted by Gasteiger charge is -2.36. The van der Waals surface area contributed by atoms with Gasteiger partial charge in [-0.05, 0) is 42.2 Å². The Hall–Kier alpha value is -2.15.